The number of aromatic nitrogens is 2. The molecular weight excluding hydrogens is 273 g/mol. The summed E-state index contributed by atoms with van der Waals surface area (Å²) in [6, 6.07) is 4.52. The summed E-state index contributed by atoms with van der Waals surface area (Å²) in [5.74, 6) is -0.263. The first-order chi connectivity index (χ1) is 7.75. The quantitative estimate of drug-likeness (QED) is 0.940. The predicted octanol–water partition coefficient (Wildman–Crippen LogP) is 2.99. The van der Waals surface area contributed by atoms with Gasteiger partial charge in [0.1, 0.15) is 12.1 Å². The van der Waals surface area contributed by atoms with Gasteiger partial charge in [-0.25, -0.2) is 14.4 Å². The largest absolute Gasteiger partial charge is 0.380 e. The van der Waals surface area contributed by atoms with Gasteiger partial charge in [0.25, 0.3) is 0 Å². The van der Waals surface area contributed by atoms with Crippen LogP contribution < -0.4 is 5.32 Å². The first-order valence-corrected chi connectivity index (χ1v) is 5.48. The Morgan fingerprint density at radius 3 is 2.69 bits per heavy atom. The van der Waals surface area contributed by atoms with E-state index in [1.807, 2.05) is 0 Å². The molecule has 16 heavy (non-hydrogen) atoms. The smallest absolute Gasteiger partial charge is 0.124 e. The Balaban J connectivity index is 2.05. The Hall–Kier alpha value is -1.49. The SMILES string of the molecule is Fc1ccc(NCc2cncnc2)c(Br)c1. The van der Waals surface area contributed by atoms with Crippen molar-refractivity contribution in [2.75, 3.05) is 5.32 Å². The van der Waals surface area contributed by atoms with Gasteiger partial charge in [0, 0.05) is 34.7 Å². The lowest BCUT2D eigenvalue weighted by Crippen LogP contribution is -2.01. The van der Waals surface area contributed by atoms with Gasteiger partial charge in [-0.3, -0.25) is 0 Å². The van der Waals surface area contributed by atoms with Crippen molar-refractivity contribution in [3.05, 3.63) is 52.8 Å². The highest BCUT2D eigenvalue weighted by Crippen LogP contribution is 2.23. The maximum atomic E-state index is 12.8. The normalized spacial score (nSPS) is 10.1. The third kappa shape index (κ3) is 2.76. The summed E-state index contributed by atoms with van der Waals surface area (Å²) in [6.45, 7) is 0.602. The van der Waals surface area contributed by atoms with Gasteiger partial charge in [-0.2, -0.15) is 0 Å². The summed E-state index contributed by atoms with van der Waals surface area (Å²) in [5, 5.41) is 3.16. The van der Waals surface area contributed by atoms with Crippen molar-refractivity contribution in [1.82, 2.24) is 9.97 Å². The average molecular weight is 282 g/mol. The second kappa shape index (κ2) is 5.03. The van der Waals surface area contributed by atoms with Crippen molar-refractivity contribution in [3.8, 4) is 0 Å². The Labute approximate surface area is 101 Å². The molecule has 0 fully saturated rings. The third-order valence-corrected chi connectivity index (χ3v) is 2.68. The molecule has 0 aliphatic carbocycles. The van der Waals surface area contributed by atoms with Crippen molar-refractivity contribution in [1.29, 1.82) is 0 Å². The van der Waals surface area contributed by atoms with E-state index in [4.69, 9.17) is 0 Å². The first kappa shape index (κ1) is 11.0. The van der Waals surface area contributed by atoms with Crippen LogP contribution in [0.2, 0.25) is 0 Å². The minimum atomic E-state index is -0.263. The van der Waals surface area contributed by atoms with Crippen LogP contribution in [0.3, 0.4) is 0 Å². The molecule has 0 unspecified atom stereocenters. The molecule has 2 rings (SSSR count). The van der Waals surface area contributed by atoms with E-state index in [1.165, 1.54) is 18.5 Å². The standard InChI is InChI=1S/C11H9BrFN3/c12-10-3-9(13)1-2-11(10)16-6-8-4-14-7-15-5-8/h1-5,7,16H,6H2. The number of benzene rings is 1. The second-order valence-corrected chi connectivity index (χ2v) is 4.08. The Morgan fingerprint density at radius 2 is 2.00 bits per heavy atom. The lowest BCUT2D eigenvalue weighted by molar-refractivity contribution is 0.627. The van der Waals surface area contributed by atoms with Gasteiger partial charge in [0.2, 0.25) is 0 Å². The number of halogens is 2. The molecule has 0 aliphatic heterocycles. The number of nitrogens with zero attached hydrogens (tertiary/aromatic N) is 2. The van der Waals surface area contributed by atoms with Crippen molar-refractivity contribution in [2.45, 2.75) is 6.54 Å². The summed E-state index contributed by atoms with van der Waals surface area (Å²) < 4.78 is 13.5. The van der Waals surface area contributed by atoms with Crippen molar-refractivity contribution in [2.24, 2.45) is 0 Å². The zero-order chi connectivity index (χ0) is 11.4. The van der Waals surface area contributed by atoms with Crippen LogP contribution in [-0.2, 0) is 6.54 Å². The van der Waals surface area contributed by atoms with Crippen LogP contribution in [0, 0.1) is 5.82 Å². The average Bonchev–Trinajstić information content (AvgIpc) is 2.29. The second-order valence-electron chi connectivity index (χ2n) is 3.22. The van der Waals surface area contributed by atoms with Crippen LogP contribution in [0.15, 0.2) is 41.4 Å². The highest BCUT2D eigenvalue weighted by Gasteiger charge is 2.01. The molecule has 1 aromatic heterocycles. The maximum absolute atomic E-state index is 12.8. The molecule has 3 nitrogen and oxygen atoms in total. The van der Waals surface area contributed by atoms with Crippen LogP contribution in [-0.4, -0.2) is 9.97 Å². The molecule has 0 saturated carbocycles. The number of anilines is 1. The summed E-state index contributed by atoms with van der Waals surface area (Å²) in [6.07, 6.45) is 4.95. The number of hydrogen-bond donors (Lipinski definition) is 1. The molecule has 1 heterocycles. The summed E-state index contributed by atoms with van der Waals surface area (Å²) in [7, 11) is 0. The highest BCUT2D eigenvalue weighted by molar-refractivity contribution is 9.10. The third-order valence-electron chi connectivity index (χ3n) is 2.03. The fourth-order valence-electron chi connectivity index (χ4n) is 1.25. The molecule has 0 atom stereocenters. The topological polar surface area (TPSA) is 37.8 Å². The fourth-order valence-corrected chi connectivity index (χ4v) is 1.74. The Morgan fingerprint density at radius 1 is 1.25 bits per heavy atom. The molecule has 0 aliphatic rings. The van der Waals surface area contributed by atoms with E-state index < -0.39 is 0 Å². The van der Waals surface area contributed by atoms with Crippen LogP contribution >= 0.6 is 15.9 Å². The first-order valence-electron chi connectivity index (χ1n) is 4.68. The molecule has 1 N–H and O–H groups in total. The van der Waals surface area contributed by atoms with E-state index in [1.54, 1.807) is 18.5 Å². The number of rotatable bonds is 3. The minimum absolute atomic E-state index is 0.263. The molecule has 0 amide bonds. The summed E-state index contributed by atoms with van der Waals surface area (Å²) in [5.41, 5.74) is 1.81. The van der Waals surface area contributed by atoms with E-state index in [2.05, 4.69) is 31.2 Å². The van der Waals surface area contributed by atoms with Crippen molar-refractivity contribution in [3.63, 3.8) is 0 Å². The monoisotopic (exact) mass is 281 g/mol. The summed E-state index contributed by atoms with van der Waals surface area (Å²) in [4.78, 5) is 7.82. The van der Waals surface area contributed by atoms with Crippen LogP contribution in [0.1, 0.15) is 5.56 Å². The Bertz CT molecular complexity index is 476. The van der Waals surface area contributed by atoms with Crippen molar-refractivity contribution < 1.29 is 4.39 Å². The van der Waals surface area contributed by atoms with Gasteiger partial charge in [-0.05, 0) is 34.1 Å². The molecule has 0 bridgehead atoms. The number of hydrogen-bond acceptors (Lipinski definition) is 3. The van der Waals surface area contributed by atoms with Crippen molar-refractivity contribution >= 4 is 21.6 Å². The molecule has 0 spiro atoms. The van der Waals surface area contributed by atoms with Gasteiger partial charge in [-0.1, -0.05) is 0 Å². The molecule has 1 aromatic carbocycles. The van der Waals surface area contributed by atoms with Crippen LogP contribution in [0.25, 0.3) is 0 Å². The molecule has 0 saturated heterocycles. The van der Waals surface area contributed by atoms with E-state index in [9.17, 15) is 4.39 Å². The number of nitrogens with one attached hydrogen (secondary N) is 1. The summed E-state index contributed by atoms with van der Waals surface area (Å²) >= 11 is 3.29. The van der Waals surface area contributed by atoms with E-state index >= 15 is 0 Å². The highest BCUT2D eigenvalue weighted by atomic mass is 79.9. The van der Waals surface area contributed by atoms with Gasteiger partial charge < -0.3 is 5.32 Å². The molecule has 82 valence electrons. The maximum Gasteiger partial charge on any atom is 0.124 e. The molecule has 0 radical (unpaired) electrons. The molecule has 2 aromatic rings. The molecule has 5 heteroatoms. The van der Waals surface area contributed by atoms with E-state index in [0.29, 0.717) is 11.0 Å². The van der Waals surface area contributed by atoms with Crippen LogP contribution in [0.4, 0.5) is 10.1 Å². The van der Waals surface area contributed by atoms with Crippen LogP contribution in [0.5, 0.6) is 0 Å². The van der Waals surface area contributed by atoms with E-state index in [0.717, 1.165) is 11.3 Å². The minimum Gasteiger partial charge on any atom is -0.380 e. The van der Waals surface area contributed by atoms with E-state index in [-0.39, 0.29) is 5.82 Å². The lowest BCUT2D eigenvalue weighted by atomic mass is 10.3. The van der Waals surface area contributed by atoms with Gasteiger partial charge in [-0.15, -0.1) is 0 Å². The van der Waals surface area contributed by atoms with Gasteiger partial charge in [0.15, 0.2) is 0 Å². The Kier molecular flexibility index (Phi) is 3.46. The van der Waals surface area contributed by atoms with Gasteiger partial charge in [0.05, 0.1) is 0 Å². The zero-order valence-electron chi connectivity index (χ0n) is 8.32. The molecular formula is C11H9BrFN3. The fraction of sp³-hybridized carbons (Fsp3) is 0.0909. The zero-order valence-corrected chi connectivity index (χ0v) is 9.91. The van der Waals surface area contributed by atoms with Gasteiger partial charge >= 0.3 is 0 Å². The lowest BCUT2D eigenvalue weighted by Gasteiger charge is -2.07. The predicted molar refractivity (Wildman–Crippen MR) is 63.5 cm³/mol.